The van der Waals surface area contributed by atoms with Crippen molar-refractivity contribution < 1.29 is 14.7 Å². The molecule has 92 valence electrons. The molecule has 0 aromatic carbocycles. The van der Waals surface area contributed by atoms with Crippen LogP contribution in [0.4, 0.5) is 4.79 Å². The second-order valence-corrected chi connectivity index (χ2v) is 4.33. The molecule has 0 aromatic rings. The average Bonchev–Trinajstić information content (AvgIpc) is 2.14. The van der Waals surface area contributed by atoms with Crippen LogP contribution >= 0.6 is 0 Å². The maximum Gasteiger partial charge on any atom is 0.326 e. The van der Waals surface area contributed by atoms with E-state index in [2.05, 4.69) is 10.6 Å². The number of amides is 2. The van der Waals surface area contributed by atoms with E-state index in [-0.39, 0.29) is 6.03 Å². The number of aliphatic carboxylic acids is 1. The van der Waals surface area contributed by atoms with Gasteiger partial charge in [0.1, 0.15) is 6.04 Å². The van der Waals surface area contributed by atoms with Crippen LogP contribution in [0.3, 0.4) is 0 Å². The van der Waals surface area contributed by atoms with Crippen LogP contribution < -0.4 is 10.6 Å². The monoisotopic (exact) mass is 228 g/mol. The molecule has 3 N–H and O–H groups in total. The molecule has 1 rings (SSSR count). The first-order chi connectivity index (χ1) is 7.63. The van der Waals surface area contributed by atoms with Crippen molar-refractivity contribution in [3.8, 4) is 0 Å². The molecule has 0 bridgehead atoms. The molecule has 0 aromatic heterocycles. The molecule has 5 nitrogen and oxygen atoms in total. The first kappa shape index (κ1) is 12.8. The summed E-state index contributed by atoms with van der Waals surface area (Å²) in [6.45, 7) is 2.55. The Morgan fingerprint density at radius 3 is 2.56 bits per heavy atom. The predicted molar refractivity (Wildman–Crippen MR) is 60.2 cm³/mol. The van der Waals surface area contributed by atoms with E-state index in [0.717, 1.165) is 19.3 Å². The number of rotatable bonds is 6. The molecule has 1 fully saturated rings. The van der Waals surface area contributed by atoms with E-state index in [0.29, 0.717) is 18.9 Å². The minimum absolute atomic E-state index is 0.368. The highest BCUT2D eigenvalue weighted by molar-refractivity contribution is 5.82. The number of carbonyl (C=O) groups excluding carboxylic acids is 1. The molecule has 0 aliphatic heterocycles. The van der Waals surface area contributed by atoms with Gasteiger partial charge in [-0.15, -0.1) is 0 Å². The van der Waals surface area contributed by atoms with Crippen molar-refractivity contribution in [2.45, 2.75) is 45.1 Å². The second-order valence-electron chi connectivity index (χ2n) is 4.33. The fraction of sp³-hybridized carbons (Fsp3) is 0.818. The Morgan fingerprint density at radius 1 is 1.44 bits per heavy atom. The smallest absolute Gasteiger partial charge is 0.326 e. The van der Waals surface area contributed by atoms with Gasteiger partial charge in [-0.25, -0.2) is 9.59 Å². The van der Waals surface area contributed by atoms with Gasteiger partial charge in [0.05, 0.1) is 0 Å². The quantitative estimate of drug-likeness (QED) is 0.642. The molecule has 5 heteroatoms. The predicted octanol–water partition coefficient (Wildman–Crippen LogP) is 1.34. The van der Waals surface area contributed by atoms with Crippen LogP contribution in [0.2, 0.25) is 0 Å². The Kier molecular flexibility index (Phi) is 5.08. The zero-order chi connectivity index (χ0) is 12.0. The van der Waals surface area contributed by atoms with Crippen molar-refractivity contribution in [3.63, 3.8) is 0 Å². The summed E-state index contributed by atoms with van der Waals surface area (Å²) < 4.78 is 0. The van der Waals surface area contributed by atoms with Crippen molar-refractivity contribution in [1.82, 2.24) is 10.6 Å². The van der Waals surface area contributed by atoms with Crippen LogP contribution in [0.5, 0.6) is 0 Å². The van der Waals surface area contributed by atoms with E-state index >= 15 is 0 Å². The molecule has 16 heavy (non-hydrogen) atoms. The molecule has 0 saturated heterocycles. The number of carboxylic acids is 1. The lowest BCUT2D eigenvalue weighted by molar-refractivity contribution is -0.139. The molecule has 2 amide bonds. The number of carboxylic acid groups (broad SMARTS) is 1. The molecule has 1 aliphatic rings. The third kappa shape index (κ3) is 4.08. The largest absolute Gasteiger partial charge is 0.480 e. The van der Waals surface area contributed by atoms with E-state index in [1.807, 2.05) is 6.92 Å². The van der Waals surface area contributed by atoms with Crippen molar-refractivity contribution in [3.05, 3.63) is 0 Å². The van der Waals surface area contributed by atoms with E-state index in [1.54, 1.807) is 0 Å². The molecule has 0 radical (unpaired) electrons. The Morgan fingerprint density at radius 2 is 2.12 bits per heavy atom. The van der Waals surface area contributed by atoms with Crippen LogP contribution in [0.25, 0.3) is 0 Å². The lowest BCUT2D eigenvalue weighted by Crippen LogP contribution is -2.47. The molecular weight excluding hydrogens is 208 g/mol. The minimum Gasteiger partial charge on any atom is -0.480 e. The summed E-state index contributed by atoms with van der Waals surface area (Å²) in [5, 5.41) is 14.0. The Hall–Kier alpha value is -1.26. The maximum atomic E-state index is 11.4. The maximum absolute atomic E-state index is 11.4. The fourth-order valence-electron chi connectivity index (χ4n) is 1.69. The van der Waals surface area contributed by atoms with Crippen LogP contribution in [0.15, 0.2) is 0 Å². The first-order valence-corrected chi connectivity index (χ1v) is 5.90. The van der Waals surface area contributed by atoms with Gasteiger partial charge in [-0.3, -0.25) is 0 Å². The lowest BCUT2D eigenvalue weighted by atomic mass is 9.85. The summed E-state index contributed by atoms with van der Waals surface area (Å²) in [4.78, 5) is 22.2. The second kappa shape index (κ2) is 6.35. The van der Waals surface area contributed by atoms with Crippen molar-refractivity contribution in [2.75, 3.05) is 6.54 Å². The first-order valence-electron chi connectivity index (χ1n) is 5.90. The van der Waals surface area contributed by atoms with Gasteiger partial charge >= 0.3 is 12.0 Å². The highest BCUT2D eigenvalue weighted by atomic mass is 16.4. The number of nitrogens with one attached hydrogen (secondary N) is 2. The van der Waals surface area contributed by atoms with Gasteiger partial charge in [-0.2, -0.15) is 0 Å². The summed E-state index contributed by atoms with van der Waals surface area (Å²) in [6, 6.07) is -1.14. The minimum atomic E-state index is -0.972. The third-order valence-electron chi connectivity index (χ3n) is 2.96. The van der Waals surface area contributed by atoms with Crippen LogP contribution in [0, 0.1) is 5.92 Å². The topological polar surface area (TPSA) is 78.4 Å². The zero-order valence-corrected chi connectivity index (χ0v) is 9.66. The van der Waals surface area contributed by atoms with Crippen molar-refractivity contribution >= 4 is 12.0 Å². The highest BCUT2D eigenvalue weighted by Gasteiger charge is 2.21. The molecule has 1 atom stereocenters. The van der Waals surface area contributed by atoms with Crippen LogP contribution in [0.1, 0.15) is 39.0 Å². The molecule has 1 saturated carbocycles. The van der Waals surface area contributed by atoms with Gasteiger partial charge in [-0.05, 0) is 25.2 Å². The standard InChI is InChI=1S/C11H20N2O3/c1-2-4-9(10(14)15)13-11(16)12-7-8-5-3-6-8/h8-9H,2-7H2,1H3,(H,14,15)(H2,12,13,16)/t9-/m1/s1. The van der Waals surface area contributed by atoms with Gasteiger partial charge in [0.2, 0.25) is 0 Å². The van der Waals surface area contributed by atoms with E-state index in [4.69, 9.17) is 5.11 Å². The normalized spacial score (nSPS) is 17.3. The Bertz CT molecular complexity index is 252. The summed E-state index contributed by atoms with van der Waals surface area (Å²) in [5.41, 5.74) is 0. The van der Waals surface area contributed by atoms with Gasteiger partial charge in [0.25, 0.3) is 0 Å². The summed E-state index contributed by atoms with van der Waals surface area (Å²) in [6.07, 6.45) is 4.77. The van der Waals surface area contributed by atoms with Gasteiger partial charge in [-0.1, -0.05) is 19.8 Å². The van der Waals surface area contributed by atoms with Gasteiger partial charge in [0.15, 0.2) is 0 Å². The number of urea groups is 1. The van der Waals surface area contributed by atoms with Crippen LogP contribution in [-0.2, 0) is 4.79 Å². The van der Waals surface area contributed by atoms with Crippen molar-refractivity contribution in [2.24, 2.45) is 5.92 Å². The van der Waals surface area contributed by atoms with Gasteiger partial charge in [0, 0.05) is 6.54 Å². The van der Waals surface area contributed by atoms with E-state index < -0.39 is 12.0 Å². The number of hydrogen-bond donors (Lipinski definition) is 3. The highest BCUT2D eigenvalue weighted by Crippen LogP contribution is 2.24. The van der Waals surface area contributed by atoms with E-state index in [1.165, 1.54) is 6.42 Å². The lowest BCUT2D eigenvalue weighted by Gasteiger charge is -2.25. The number of hydrogen-bond acceptors (Lipinski definition) is 2. The average molecular weight is 228 g/mol. The molecule has 0 heterocycles. The van der Waals surface area contributed by atoms with Crippen molar-refractivity contribution in [1.29, 1.82) is 0 Å². The summed E-state index contributed by atoms with van der Waals surface area (Å²) in [7, 11) is 0. The zero-order valence-electron chi connectivity index (χ0n) is 9.66. The fourth-order valence-corrected chi connectivity index (χ4v) is 1.69. The van der Waals surface area contributed by atoms with Gasteiger partial charge < -0.3 is 15.7 Å². The third-order valence-corrected chi connectivity index (χ3v) is 2.96. The Labute approximate surface area is 95.6 Å². The van der Waals surface area contributed by atoms with Crippen LogP contribution in [-0.4, -0.2) is 29.7 Å². The molecular formula is C11H20N2O3. The SMILES string of the molecule is CCC[C@@H](NC(=O)NCC1CCC1)C(=O)O. The molecule has 0 spiro atoms. The molecule has 1 aliphatic carbocycles. The van der Waals surface area contributed by atoms with E-state index in [9.17, 15) is 9.59 Å². The summed E-state index contributed by atoms with van der Waals surface area (Å²) >= 11 is 0. The molecule has 0 unspecified atom stereocenters. The number of carbonyl (C=O) groups is 2. The Balaban J connectivity index is 2.21. The summed E-state index contributed by atoms with van der Waals surface area (Å²) in [5.74, 6) is -0.388.